The second kappa shape index (κ2) is 13.5. The van der Waals surface area contributed by atoms with Crippen molar-refractivity contribution in [3.05, 3.63) is 181 Å². The van der Waals surface area contributed by atoms with E-state index in [4.69, 9.17) is 0 Å². The van der Waals surface area contributed by atoms with Crippen molar-refractivity contribution < 1.29 is 0 Å². The second-order valence-electron chi connectivity index (χ2n) is 16.5. The molecule has 0 aliphatic carbocycles. The van der Waals surface area contributed by atoms with Crippen molar-refractivity contribution in [3.63, 3.8) is 0 Å². The van der Waals surface area contributed by atoms with Crippen LogP contribution in [0.25, 0.3) is 84.1 Å². The van der Waals surface area contributed by atoms with Gasteiger partial charge in [0, 0.05) is 87.3 Å². The van der Waals surface area contributed by atoms with Crippen LogP contribution in [0.15, 0.2) is 170 Å². The smallest absolute Gasteiger partial charge is 0.0443 e. The molecule has 0 atom stereocenters. The van der Waals surface area contributed by atoms with Crippen molar-refractivity contribution in [3.8, 4) is 22.3 Å². The zero-order chi connectivity index (χ0) is 39.3. The molecule has 0 saturated carbocycles. The lowest BCUT2D eigenvalue weighted by molar-refractivity contribution is 0.767. The Morgan fingerprint density at radius 3 is 1.28 bits per heavy atom. The Hall–Kier alpha value is -6.46. The third kappa shape index (κ3) is 5.17. The number of anilines is 4. The third-order valence-electron chi connectivity index (χ3n) is 13.3. The van der Waals surface area contributed by atoms with Gasteiger partial charge in [0.1, 0.15) is 0 Å². The minimum absolute atomic E-state index is 1.01. The van der Waals surface area contributed by atoms with Crippen molar-refractivity contribution in [1.29, 1.82) is 0 Å². The molecular weight excluding hydrogens is 765 g/mol. The number of aryl methyl sites for hydroxylation is 2. The number of rotatable bonds is 4. The van der Waals surface area contributed by atoms with Gasteiger partial charge in [-0.15, -0.1) is 22.7 Å². The molecule has 0 unspecified atom stereocenters. The van der Waals surface area contributed by atoms with Crippen LogP contribution in [0, 0.1) is 0 Å². The Morgan fingerprint density at radius 1 is 0.350 bits per heavy atom. The molecule has 0 fully saturated rings. The fourth-order valence-corrected chi connectivity index (χ4v) is 13.1. The topological polar surface area (TPSA) is 6.48 Å². The first kappa shape index (κ1) is 34.4. The van der Waals surface area contributed by atoms with Crippen molar-refractivity contribution in [2.75, 3.05) is 22.9 Å². The monoisotopic (exact) mass is 804 g/mol. The summed E-state index contributed by atoms with van der Waals surface area (Å²) in [5.74, 6) is 0. The molecule has 0 radical (unpaired) electrons. The zero-order valence-corrected chi connectivity index (χ0v) is 34.8. The van der Waals surface area contributed by atoms with Gasteiger partial charge in [-0.1, -0.05) is 121 Å². The minimum atomic E-state index is 1.01. The number of nitrogens with zero attached hydrogens (tertiary/aromatic N) is 2. The van der Waals surface area contributed by atoms with Crippen LogP contribution in [0.4, 0.5) is 22.7 Å². The normalized spacial score (nSPS) is 14.2. The van der Waals surface area contributed by atoms with E-state index in [0.717, 1.165) is 38.8 Å². The van der Waals surface area contributed by atoms with E-state index in [9.17, 15) is 0 Å². The molecule has 9 aromatic carbocycles. The van der Waals surface area contributed by atoms with Gasteiger partial charge in [-0.05, 0) is 118 Å². The van der Waals surface area contributed by atoms with E-state index >= 15 is 0 Å². The highest BCUT2D eigenvalue weighted by Crippen LogP contribution is 2.52. The van der Waals surface area contributed by atoms with Crippen LogP contribution >= 0.6 is 22.7 Å². The summed E-state index contributed by atoms with van der Waals surface area (Å²) < 4.78 is 5.36. The Kier molecular flexibility index (Phi) is 7.76. The highest BCUT2D eigenvalue weighted by atomic mass is 32.1. The van der Waals surface area contributed by atoms with Crippen LogP contribution in [0.2, 0.25) is 0 Å². The van der Waals surface area contributed by atoms with E-state index in [-0.39, 0.29) is 0 Å². The fraction of sp³-hybridized carbons (Fsp3) is 0.107. The molecule has 286 valence electrons. The predicted octanol–water partition coefficient (Wildman–Crippen LogP) is 16.2. The first-order valence-corrected chi connectivity index (χ1v) is 23.0. The van der Waals surface area contributed by atoms with Gasteiger partial charge in [0.2, 0.25) is 0 Å². The summed E-state index contributed by atoms with van der Waals surface area (Å²) in [5.41, 5.74) is 13.3. The van der Waals surface area contributed by atoms with Gasteiger partial charge in [0.15, 0.2) is 0 Å². The highest BCUT2D eigenvalue weighted by Gasteiger charge is 2.26. The van der Waals surface area contributed by atoms with E-state index in [1.54, 1.807) is 0 Å². The van der Waals surface area contributed by atoms with Crippen LogP contribution in [0.1, 0.15) is 24.0 Å². The molecule has 4 heteroatoms. The summed E-state index contributed by atoms with van der Waals surface area (Å²) >= 11 is 3.86. The molecule has 2 aliphatic heterocycles. The van der Waals surface area contributed by atoms with Crippen LogP contribution in [-0.4, -0.2) is 13.1 Å². The fourth-order valence-electron chi connectivity index (χ4n) is 10.6. The molecule has 60 heavy (non-hydrogen) atoms. The molecule has 0 amide bonds. The van der Waals surface area contributed by atoms with E-state index in [2.05, 4.69) is 180 Å². The van der Waals surface area contributed by atoms with Crippen LogP contribution < -0.4 is 9.80 Å². The molecule has 11 aromatic rings. The van der Waals surface area contributed by atoms with E-state index in [1.165, 1.54) is 118 Å². The SMILES string of the molecule is c1ccc2c(c1)CCCN2c1ccc2c(-c3cccc4c3sc3ccccc34)c3cc(N4CCCc5ccccc54)ccc3c(-c3cccc4c3sc3ccccc34)c2c1. The Bertz CT molecular complexity index is 3300. The molecule has 0 spiro atoms. The molecule has 0 bridgehead atoms. The molecule has 0 saturated heterocycles. The molecule has 13 rings (SSSR count). The van der Waals surface area contributed by atoms with Gasteiger partial charge >= 0.3 is 0 Å². The first-order valence-electron chi connectivity index (χ1n) is 21.3. The standard InChI is InChI=1S/C56H40N2S2/c1-5-23-49-35(13-1)15-11-31-57(49)37-27-29-41-47(33-37)53(45-21-9-19-43-39-17-3-7-25-51(39)59-55(43)45)42-30-28-38(58-32-12-16-36-14-2-6-24-50(36)58)34-48(42)54(41)46-22-10-20-44-40-18-4-8-26-52(40)60-56(44)46/h1-10,13-14,17-30,33-34H,11-12,15-16,31-32H2. The second-order valence-corrected chi connectivity index (χ2v) is 18.6. The van der Waals surface area contributed by atoms with E-state index in [0.29, 0.717) is 0 Å². The van der Waals surface area contributed by atoms with E-state index in [1.807, 2.05) is 22.7 Å². The highest BCUT2D eigenvalue weighted by molar-refractivity contribution is 7.26. The van der Waals surface area contributed by atoms with Crippen molar-refractivity contribution >= 4 is 107 Å². The number of fused-ring (bicyclic) bond motifs is 10. The summed E-state index contributed by atoms with van der Waals surface area (Å²) in [6.07, 6.45) is 4.53. The molecule has 4 heterocycles. The van der Waals surface area contributed by atoms with Crippen molar-refractivity contribution in [2.24, 2.45) is 0 Å². The maximum atomic E-state index is 2.57. The number of thiophene rings is 2. The Morgan fingerprint density at radius 2 is 0.783 bits per heavy atom. The Balaban J connectivity index is 1.18. The van der Waals surface area contributed by atoms with Crippen LogP contribution in [0.5, 0.6) is 0 Å². The summed E-state index contributed by atoms with van der Waals surface area (Å²) in [5, 5.41) is 10.5. The summed E-state index contributed by atoms with van der Waals surface area (Å²) in [6.45, 7) is 2.01. The maximum absolute atomic E-state index is 2.57. The largest absolute Gasteiger partial charge is 0.341 e. The minimum Gasteiger partial charge on any atom is -0.341 e. The number of hydrogen-bond acceptors (Lipinski definition) is 4. The van der Waals surface area contributed by atoms with Gasteiger partial charge < -0.3 is 9.80 Å². The average Bonchev–Trinajstić information content (AvgIpc) is 3.89. The van der Waals surface area contributed by atoms with Gasteiger partial charge in [0.05, 0.1) is 0 Å². The van der Waals surface area contributed by atoms with Crippen LogP contribution in [-0.2, 0) is 12.8 Å². The van der Waals surface area contributed by atoms with Crippen molar-refractivity contribution in [1.82, 2.24) is 0 Å². The number of hydrogen-bond donors (Lipinski definition) is 0. The molecular formula is C56H40N2S2. The molecule has 2 aliphatic rings. The number of para-hydroxylation sites is 2. The molecule has 2 nitrogen and oxygen atoms in total. The molecule has 0 N–H and O–H groups in total. The van der Waals surface area contributed by atoms with Gasteiger partial charge in [-0.3, -0.25) is 0 Å². The van der Waals surface area contributed by atoms with E-state index < -0.39 is 0 Å². The first-order chi connectivity index (χ1) is 29.8. The van der Waals surface area contributed by atoms with Crippen molar-refractivity contribution in [2.45, 2.75) is 25.7 Å². The summed E-state index contributed by atoms with van der Waals surface area (Å²) in [4.78, 5) is 5.13. The number of benzene rings is 9. The summed E-state index contributed by atoms with van der Waals surface area (Å²) in [7, 11) is 0. The van der Waals surface area contributed by atoms with Gasteiger partial charge in [-0.25, -0.2) is 0 Å². The quantitative estimate of drug-likeness (QED) is 0.164. The lowest BCUT2D eigenvalue weighted by atomic mass is 9.84. The summed E-state index contributed by atoms with van der Waals surface area (Å²) in [6, 6.07) is 64.6. The van der Waals surface area contributed by atoms with Gasteiger partial charge in [-0.2, -0.15) is 0 Å². The lowest BCUT2D eigenvalue weighted by Gasteiger charge is -2.32. The maximum Gasteiger partial charge on any atom is 0.0443 e. The lowest BCUT2D eigenvalue weighted by Crippen LogP contribution is -2.24. The molecule has 2 aromatic heterocycles. The average molecular weight is 805 g/mol. The predicted molar refractivity (Wildman–Crippen MR) is 262 cm³/mol. The third-order valence-corrected chi connectivity index (χ3v) is 15.7. The Labute approximate surface area is 357 Å². The zero-order valence-electron chi connectivity index (χ0n) is 33.1. The van der Waals surface area contributed by atoms with Crippen LogP contribution in [0.3, 0.4) is 0 Å². The van der Waals surface area contributed by atoms with Gasteiger partial charge in [0.25, 0.3) is 0 Å².